The average Bonchev–Trinajstić information content (AvgIpc) is 2.60. The Bertz CT molecular complexity index is 1000. The van der Waals surface area contributed by atoms with Crippen molar-refractivity contribution in [3.63, 3.8) is 0 Å². The highest BCUT2D eigenvalue weighted by molar-refractivity contribution is 7.99. The fourth-order valence-corrected chi connectivity index (χ4v) is 3.97. The fourth-order valence-electron chi connectivity index (χ4n) is 2.71. The van der Waals surface area contributed by atoms with Crippen molar-refractivity contribution in [1.29, 1.82) is 5.26 Å². The first-order valence-corrected chi connectivity index (χ1v) is 9.81. The summed E-state index contributed by atoms with van der Waals surface area (Å²) >= 11 is 7.36. The number of hydrogen-bond donors (Lipinski definition) is 1. The lowest BCUT2D eigenvalue weighted by Gasteiger charge is -2.26. The molecular weight excluding hydrogens is 384 g/mol. The molecule has 1 N–H and O–H groups in total. The molecular formula is C19H19ClN4O2S. The Morgan fingerprint density at radius 1 is 1.41 bits per heavy atom. The van der Waals surface area contributed by atoms with Crippen LogP contribution >= 0.6 is 23.4 Å². The number of carbonyl (C=O) groups is 1. The van der Waals surface area contributed by atoms with Crippen molar-refractivity contribution in [2.45, 2.75) is 37.9 Å². The first-order valence-electron chi connectivity index (χ1n) is 8.44. The minimum atomic E-state index is -0.409. The van der Waals surface area contributed by atoms with Gasteiger partial charge in [-0.2, -0.15) is 5.26 Å². The molecule has 1 aliphatic heterocycles. The van der Waals surface area contributed by atoms with Crippen LogP contribution in [-0.2, 0) is 16.8 Å². The molecule has 1 aliphatic rings. The van der Waals surface area contributed by atoms with E-state index >= 15 is 0 Å². The molecule has 140 valence electrons. The normalized spacial score (nSPS) is 16.3. The third-order valence-electron chi connectivity index (χ3n) is 4.29. The van der Waals surface area contributed by atoms with Gasteiger partial charge in [-0.3, -0.25) is 14.2 Å². The van der Waals surface area contributed by atoms with Gasteiger partial charge in [0.15, 0.2) is 5.16 Å². The Hall–Kier alpha value is -2.30. The summed E-state index contributed by atoms with van der Waals surface area (Å²) in [7, 11) is 0. The van der Waals surface area contributed by atoms with Crippen molar-refractivity contribution >= 4 is 35.0 Å². The van der Waals surface area contributed by atoms with Crippen LogP contribution in [0.3, 0.4) is 0 Å². The summed E-state index contributed by atoms with van der Waals surface area (Å²) in [6, 6.07) is 8.27. The molecule has 1 unspecified atom stereocenters. The Morgan fingerprint density at radius 3 is 2.81 bits per heavy atom. The standard InChI is InChI=1S/C19H19ClN4O2S/c1-19(2,3)15-7-16(25)24-9-12(10-27-18(24)23-15)17(26)22-14-6-13(20)5-4-11(14)8-21/h4-7,12H,9-10H2,1-3H3,(H,22,26). The van der Waals surface area contributed by atoms with Crippen LogP contribution in [-0.4, -0.2) is 21.2 Å². The summed E-state index contributed by atoms with van der Waals surface area (Å²) in [6.45, 7) is 6.28. The lowest BCUT2D eigenvalue weighted by molar-refractivity contribution is -0.119. The van der Waals surface area contributed by atoms with Crippen LogP contribution < -0.4 is 10.9 Å². The van der Waals surface area contributed by atoms with Crippen LogP contribution in [0.25, 0.3) is 0 Å². The maximum absolute atomic E-state index is 12.7. The van der Waals surface area contributed by atoms with E-state index in [2.05, 4.69) is 10.3 Å². The van der Waals surface area contributed by atoms with Crippen LogP contribution in [0.1, 0.15) is 32.0 Å². The first kappa shape index (κ1) is 19.5. The number of aromatic nitrogens is 2. The zero-order valence-electron chi connectivity index (χ0n) is 15.2. The van der Waals surface area contributed by atoms with E-state index in [0.717, 1.165) is 5.69 Å². The summed E-state index contributed by atoms with van der Waals surface area (Å²) in [4.78, 5) is 29.8. The molecule has 6 nitrogen and oxygen atoms in total. The van der Waals surface area contributed by atoms with Gasteiger partial charge < -0.3 is 5.32 Å². The maximum Gasteiger partial charge on any atom is 0.254 e. The molecule has 0 spiro atoms. The largest absolute Gasteiger partial charge is 0.325 e. The van der Waals surface area contributed by atoms with Crippen molar-refractivity contribution < 1.29 is 4.79 Å². The zero-order chi connectivity index (χ0) is 19.8. The van der Waals surface area contributed by atoms with Crippen LogP contribution in [0.5, 0.6) is 0 Å². The van der Waals surface area contributed by atoms with Gasteiger partial charge in [0.2, 0.25) is 5.91 Å². The van der Waals surface area contributed by atoms with Crippen molar-refractivity contribution in [3.05, 3.63) is 50.9 Å². The molecule has 1 atom stereocenters. The topological polar surface area (TPSA) is 87.8 Å². The molecule has 8 heteroatoms. The number of carbonyl (C=O) groups excluding carboxylic acids is 1. The minimum absolute atomic E-state index is 0.157. The zero-order valence-corrected chi connectivity index (χ0v) is 16.8. The lowest BCUT2D eigenvalue weighted by atomic mass is 9.92. The average molecular weight is 403 g/mol. The molecule has 1 amide bonds. The highest BCUT2D eigenvalue weighted by Crippen LogP contribution is 2.29. The number of nitriles is 1. The molecule has 0 saturated heterocycles. The molecule has 0 fully saturated rings. The number of rotatable bonds is 2. The summed E-state index contributed by atoms with van der Waals surface area (Å²) < 4.78 is 1.54. The number of nitrogens with zero attached hydrogens (tertiary/aromatic N) is 3. The number of amides is 1. The van der Waals surface area contributed by atoms with Gasteiger partial charge in [0, 0.05) is 28.8 Å². The first-order chi connectivity index (χ1) is 12.7. The summed E-state index contributed by atoms with van der Waals surface area (Å²) in [5.41, 5.74) is 1.08. The van der Waals surface area contributed by atoms with Gasteiger partial charge in [0.05, 0.1) is 22.9 Å². The fraction of sp³-hybridized carbons (Fsp3) is 0.368. The number of fused-ring (bicyclic) bond motifs is 1. The van der Waals surface area contributed by atoms with Crippen molar-refractivity contribution in [2.24, 2.45) is 5.92 Å². The Labute approximate surface area is 166 Å². The summed E-state index contributed by atoms with van der Waals surface area (Å²) in [5.74, 6) is -0.152. The Balaban J connectivity index is 1.82. The van der Waals surface area contributed by atoms with Crippen molar-refractivity contribution in [2.75, 3.05) is 11.1 Å². The molecule has 2 heterocycles. The number of anilines is 1. The van der Waals surface area contributed by atoms with Gasteiger partial charge in [0.1, 0.15) is 6.07 Å². The SMILES string of the molecule is CC(C)(C)c1cc(=O)n2c(n1)SCC(C(=O)Nc1cc(Cl)ccc1C#N)C2. The number of nitrogens with one attached hydrogen (secondary N) is 1. The number of halogens is 1. The molecule has 0 radical (unpaired) electrons. The second kappa shape index (κ2) is 7.37. The smallest absolute Gasteiger partial charge is 0.254 e. The molecule has 3 rings (SSSR count). The van der Waals surface area contributed by atoms with Crippen LogP contribution in [0.2, 0.25) is 5.02 Å². The third-order valence-corrected chi connectivity index (χ3v) is 5.66. The van der Waals surface area contributed by atoms with Gasteiger partial charge in [0.25, 0.3) is 5.56 Å². The Kier molecular flexibility index (Phi) is 5.31. The van der Waals surface area contributed by atoms with E-state index in [1.807, 2.05) is 26.8 Å². The summed E-state index contributed by atoms with van der Waals surface area (Å²) in [5, 5.41) is 13.0. The van der Waals surface area contributed by atoms with E-state index < -0.39 is 5.92 Å². The van der Waals surface area contributed by atoms with Gasteiger partial charge in [-0.05, 0) is 18.2 Å². The van der Waals surface area contributed by atoms with Gasteiger partial charge in [-0.1, -0.05) is 44.1 Å². The molecule has 0 saturated carbocycles. The molecule has 2 aromatic rings. The maximum atomic E-state index is 12.7. The van der Waals surface area contributed by atoms with E-state index in [4.69, 9.17) is 11.6 Å². The lowest BCUT2D eigenvalue weighted by Crippen LogP contribution is -2.37. The van der Waals surface area contributed by atoms with E-state index in [-0.39, 0.29) is 23.4 Å². The second-order valence-corrected chi connectivity index (χ2v) is 8.85. The van der Waals surface area contributed by atoms with Crippen LogP contribution in [0.15, 0.2) is 34.2 Å². The number of hydrogen-bond acceptors (Lipinski definition) is 5. The quantitative estimate of drug-likeness (QED) is 0.777. The highest BCUT2D eigenvalue weighted by Gasteiger charge is 2.29. The highest BCUT2D eigenvalue weighted by atomic mass is 35.5. The van der Waals surface area contributed by atoms with Gasteiger partial charge in [-0.25, -0.2) is 4.98 Å². The number of benzene rings is 1. The van der Waals surface area contributed by atoms with E-state index in [0.29, 0.717) is 27.2 Å². The molecule has 27 heavy (non-hydrogen) atoms. The number of thioether (sulfide) groups is 1. The van der Waals surface area contributed by atoms with Crippen LogP contribution in [0.4, 0.5) is 5.69 Å². The minimum Gasteiger partial charge on any atom is -0.325 e. The van der Waals surface area contributed by atoms with Gasteiger partial charge in [-0.15, -0.1) is 0 Å². The van der Waals surface area contributed by atoms with E-state index in [9.17, 15) is 14.9 Å². The predicted molar refractivity (Wildman–Crippen MR) is 106 cm³/mol. The van der Waals surface area contributed by atoms with Crippen LogP contribution in [0, 0.1) is 17.2 Å². The molecule has 0 aliphatic carbocycles. The van der Waals surface area contributed by atoms with Gasteiger partial charge >= 0.3 is 0 Å². The second-order valence-electron chi connectivity index (χ2n) is 7.42. The molecule has 1 aromatic carbocycles. The van der Waals surface area contributed by atoms with E-state index in [1.54, 1.807) is 18.2 Å². The Morgan fingerprint density at radius 2 is 2.15 bits per heavy atom. The van der Waals surface area contributed by atoms with Crippen molar-refractivity contribution in [3.8, 4) is 6.07 Å². The van der Waals surface area contributed by atoms with E-state index in [1.165, 1.54) is 22.4 Å². The van der Waals surface area contributed by atoms with Crippen molar-refractivity contribution in [1.82, 2.24) is 9.55 Å². The molecule has 0 bridgehead atoms. The monoisotopic (exact) mass is 402 g/mol. The third kappa shape index (κ3) is 4.18. The summed E-state index contributed by atoms with van der Waals surface area (Å²) in [6.07, 6.45) is 0. The molecule has 1 aromatic heterocycles. The predicted octanol–water partition coefficient (Wildman–Crippen LogP) is 3.43.